The molecule has 1 heterocycles. The molecule has 2 rings (SSSR count). The van der Waals surface area contributed by atoms with Crippen molar-refractivity contribution < 1.29 is 18.7 Å². The summed E-state index contributed by atoms with van der Waals surface area (Å²) in [6.07, 6.45) is 1.40. The molecule has 28 heavy (non-hydrogen) atoms. The minimum Gasteiger partial charge on any atom is -0.487 e. The number of anilines is 1. The van der Waals surface area contributed by atoms with E-state index in [0.29, 0.717) is 0 Å². The van der Waals surface area contributed by atoms with Crippen molar-refractivity contribution in [3.8, 4) is 5.75 Å². The molecule has 0 radical (unpaired) electrons. The standard InChI is InChI=1S/C22H37NO4Si/c1-14-16(23-19(24)26-20(2,3)4)12-10-15-11-13-17(25-18(14)15)22(8,9)27-28-21(5,6)7/h10,12,17H,11,13,28H2,1-9H3,(H,23,24). The number of rotatable bonds is 4. The van der Waals surface area contributed by atoms with Crippen LogP contribution in [-0.4, -0.2) is 33.2 Å². The fourth-order valence-electron chi connectivity index (χ4n) is 3.13. The van der Waals surface area contributed by atoms with Gasteiger partial charge in [-0.25, -0.2) is 4.79 Å². The van der Waals surface area contributed by atoms with Crippen LogP contribution in [0.1, 0.15) is 72.9 Å². The average Bonchev–Trinajstić information content (AvgIpc) is 2.53. The van der Waals surface area contributed by atoms with Gasteiger partial charge in [0.15, 0.2) is 9.76 Å². The van der Waals surface area contributed by atoms with Crippen LogP contribution >= 0.6 is 0 Å². The lowest BCUT2D eigenvalue weighted by atomic mass is 9.91. The Morgan fingerprint density at radius 3 is 2.36 bits per heavy atom. The van der Waals surface area contributed by atoms with E-state index >= 15 is 0 Å². The maximum absolute atomic E-state index is 12.2. The van der Waals surface area contributed by atoms with Gasteiger partial charge in [-0.1, -0.05) is 26.8 Å². The molecule has 1 N–H and O–H groups in total. The van der Waals surface area contributed by atoms with E-state index in [1.807, 2.05) is 39.8 Å². The van der Waals surface area contributed by atoms with Crippen molar-refractivity contribution in [3.05, 3.63) is 23.3 Å². The van der Waals surface area contributed by atoms with E-state index in [1.165, 1.54) is 5.56 Å². The van der Waals surface area contributed by atoms with Crippen molar-refractivity contribution in [1.82, 2.24) is 0 Å². The van der Waals surface area contributed by atoms with Crippen LogP contribution < -0.4 is 10.1 Å². The van der Waals surface area contributed by atoms with E-state index in [0.717, 1.165) is 29.8 Å². The maximum atomic E-state index is 12.2. The highest BCUT2D eigenvalue weighted by atomic mass is 28.2. The fraction of sp³-hybridized carbons (Fsp3) is 0.682. The number of ether oxygens (including phenoxy) is 2. The van der Waals surface area contributed by atoms with Crippen LogP contribution in [0.2, 0.25) is 5.04 Å². The van der Waals surface area contributed by atoms with Crippen LogP contribution in [0.4, 0.5) is 10.5 Å². The number of carbonyl (C=O) groups excluding carboxylic acids is 1. The normalized spacial score (nSPS) is 18.0. The molecule has 0 spiro atoms. The van der Waals surface area contributed by atoms with Gasteiger partial charge in [0.2, 0.25) is 0 Å². The molecule has 1 aromatic carbocycles. The zero-order chi connectivity index (χ0) is 21.3. The van der Waals surface area contributed by atoms with E-state index in [-0.39, 0.29) is 16.7 Å². The highest BCUT2D eigenvalue weighted by Crippen LogP contribution is 2.39. The Bertz CT molecular complexity index is 716. The summed E-state index contributed by atoms with van der Waals surface area (Å²) in [7, 11) is -0.678. The predicted molar refractivity (Wildman–Crippen MR) is 117 cm³/mol. The monoisotopic (exact) mass is 407 g/mol. The molecule has 0 saturated carbocycles. The molecule has 1 atom stereocenters. The second kappa shape index (κ2) is 8.07. The number of aryl methyl sites for hydroxylation is 1. The second-order valence-corrected chi connectivity index (χ2v) is 13.1. The van der Waals surface area contributed by atoms with E-state index in [2.05, 4.69) is 39.9 Å². The van der Waals surface area contributed by atoms with Crippen molar-refractivity contribution in [2.75, 3.05) is 5.32 Å². The number of carbonyl (C=O) groups is 1. The van der Waals surface area contributed by atoms with Gasteiger partial charge in [0, 0.05) is 5.56 Å². The summed E-state index contributed by atoms with van der Waals surface area (Å²) in [4.78, 5) is 12.2. The summed E-state index contributed by atoms with van der Waals surface area (Å²) in [6.45, 7) is 18.5. The first-order valence-electron chi connectivity index (χ1n) is 10.1. The largest absolute Gasteiger partial charge is 0.487 e. The predicted octanol–water partition coefficient (Wildman–Crippen LogP) is 5.13. The number of hydrogen-bond donors (Lipinski definition) is 1. The molecule has 1 aliphatic heterocycles. The van der Waals surface area contributed by atoms with Gasteiger partial charge in [0.1, 0.15) is 17.5 Å². The molecular formula is C22H37NO4Si. The van der Waals surface area contributed by atoms with Gasteiger partial charge in [0.05, 0.1) is 11.3 Å². The summed E-state index contributed by atoms with van der Waals surface area (Å²) in [5.41, 5.74) is 1.95. The Hall–Kier alpha value is -1.53. The Morgan fingerprint density at radius 2 is 1.79 bits per heavy atom. The number of hydrogen-bond acceptors (Lipinski definition) is 4. The summed E-state index contributed by atoms with van der Waals surface area (Å²) in [5.74, 6) is 0.860. The van der Waals surface area contributed by atoms with Gasteiger partial charge in [0.25, 0.3) is 0 Å². The topological polar surface area (TPSA) is 56.8 Å². The van der Waals surface area contributed by atoms with Gasteiger partial charge in [-0.05, 0) is 71.1 Å². The van der Waals surface area contributed by atoms with Crippen LogP contribution in [0.15, 0.2) is 12.1 Å². The van der Waals surface area contributed by atoms with Crippen molar-refractivity contribution in [2.24, 2.45) is 0 Å². The van der Waals surface area contributed by atoms with Gasteiger partial charge >= 0.3 is 6.09 Å². The first kappa shape index (κ1) is 22.8. The molecule has 0 fully saturated rings. The number of fused-ring (bicyclic) bond motifs is 1. The molecule has 1 aromatic rings. The first-order chi connectivity index (χ1) is 12.7. The van der Waals surface area contributed by atoms with Crippen molar-refractivity contribution in [3.63, 3.8) is 0 Å². The highest BCUT2D eigenvalue weighted by molar-refractivity contribution is 6.31. The van der Waals surface area contributed by atoms with E-state index in [1.54, 1.807) is 0 Å². The first-order valence-corrected chi connectivity index (χ1v) is 11.4. The molecule has 158 valence electrons. The van der Waals surface area contributed by atoms with E-state index < -0.39 is 21.5 Å². The third-order valence-electron chi connectivity index (χ3n) is 4.71. The molecule has 0 aromatic heterocycles. The quantitative estimate of drug-likeness (QED) is 0.703. The van der Waals surface area contributed by atoms with Crippen LogP contribution in [0.25, 0.3) is 0 Å². The molecule has 6 heteroatoms. The molecule has 0 bridgehead atoms. The lowest BCUT2D eigenvalue weighted by Crippen LogP contribution is -2.46. The van der Waals surface area contributed by atoms with Crippen LogP contribution in [0.5, 0.6) is 5.75 Å². The highest BCUT2D eigenvalue weighted by Gasteiger charge is 2.36. The fourth-order valence-corrected chi connectivity index (χ4v) is 4.12. The summed E-state index contributed by atoms with van der Waals surface area (Å²) in [5, 5.41) is 3.09. The smallest absolute Gasteiger partial charge is 0.412 e. The molecule has 0 saturated heterocycles. The molecule has 1 aliphatic rings. The van der Waals surface area contributed by atoms with Crippen LogP contribution in [-0.2, 0) is 15.6 Å². The van der Waals surface area contributed by atoms with Crippen molar-refractivity contribution in [2.45, 2.75) is 97.5 Å². The minimum atomic E-state index is -0.678. The van der Waals surface area contributed by atoms with Crippen LogP contribution in [0, 0.1) is 6.92 Å². The second-order valence-electron chi connectivity index (χ2n) is 10.5. The summed E-state index contributed by atoms with van der Waals surface area (Å²) < 4.78 is 18.2. The number of amides is 1. The lowest BCUT2D eigenvalue weighted by molar-refractivity contribution is -0.0242. The Kier molecular flexibility index (Phi) is 6.56. The van der Waals surface area contributed by atoms with Crippen molar-refractivity contribution in [1.29, 1.82) is 0 Å². The molecule has 5 nitrogen and oxygen atoms in total. The molecular weight excluding hydrogens is 370 g/mol. The van der Waals surface area contributed by atoms with Gasteiger partial charge in [-0.3, -0.25) is 5.32 Å². The molecule has 1 amide bonds. The van der Waals surface area contributed by atoms with E-state index in [9.17, 15) is 4.79 Å². The molecule has 0 aliphatic carbocycles. The number of nitrogens with one attached hydrogen (secondary N) is 1. The van der Waals surface area contributed by atoms with E-state index in [4.69, 9.17) is 13.9 Å². The Labute approximate surface area is 172 Å². The average molecular weight is 408 g/mol. The summed E-state index contributed by atoms with van der Waals surface area (Å²) >= 11 is 0. The number of benzene rings is 1. The van der Waals surface area contributed by atoms with Crippen LogP contribution in [0.3, 0.4) is 0 Å². The summed E-state index contributed by atoms with van der Waals surface area (Å²) in [6, 6.07) is 3.96. The zero-order valence-electron chi connectivity index (χ0n) is 19.0. The zero-order valence-corrected chi connectivity index (χ0v) is 20.4. The van der Waals surface area contributed by atoms with Gasteiger partial charge < -0.3 is 13.9 Å². The Balaban J connectivity index is 2.16. The van der Waals surface area contributed by atoms with Gasteiger partial charge in [-0.2, -0.15) is 0 Å². The van der Waals surface area contributed by atoms with Gasteiger partial charge in [-0.15, -0.1) is 0 Å². The SMILES string of the molecule is Cc1c(NC(=O)OC(C)(C)C)ccc2c1OC(C(C)(C)O[SiH2]C(C)(C)C)CC2. The third-order valence-corrected chi connectivity index (χ3v) is 6.47. The maximum Gasteiger partial charge on any atom is 0.412 e. The lowest BCUT2D eigenvalue weighted by Gasteiger charge is -2.40. The third kappa shape index (κ3) is 6.24. The minimum absolute atomic E-state index is 0.00896. The van der Waals surface area contributed by atoms with Crippen molar-refractivity contribution >= 4 is 21.5 Å². The molecule has 1 unspecified atom stereocenters. The Morgan fingerprint density at radius 1 is 1.14 bits per heavy atom.